The summed E-state index contributed by atoms with van der Waals surface area (Å²) < 4.78 is 0. The molecule has 20 heavy (non-hydrogen) atoms. The van der Waals surface area contributed by atoms with Crippen molar-refractivity contribution in [2.24, 2.45) is 5.92 Å². The van der Waals surface area contributed by atoms with Crippen LogP contribution in [0.15, 0.2) is 12.3 Å². The SMILES string of the molecule is Cc1cc(NC(=O)C2CC3CCCCC3N2)cnc1Cl. The summed E-state index contributed by atoms with van der Waals surface area (Å²) in [6.45, 7) is 1.88. The van der Waals surface area contributed by atoms with E-state index >= 15 is 0 Å². The van der Waals surface area contributed by atoms with E-state index in [0.29, 0.717) is 22.8 Å². The number of anilines is 1. The largest absolute Gasteiger partial charge is 0.323 e. The molecule has 2 N–H and O–H groups in total. The van der Waals surface area contributed by atoms with Crippen molar-refractivity contribution in [1.82, 2.24) is 10.3 Å². The zero-order chi connectivity index (χ0) is 14.1. The number of hydrogen-bond donors (Lipinski definition) is 2. The van der Waals surface area contributed by atoms with Gasteiger partial charge in [-0.05, 0) is 43.7 Å². The lowest BCUT2D eigenvalue weighted by molar-refractivity contribution is -0.117. The van der Waals surface area contributed by atoms with E-state index in [4.69, 9.17) is 11.6 Å². The van der Waals surface area contributed by atoms with Gasteiger partial charge in [-0.3, -0.25) is 4.79 Å². The number of halogens is 1. The van der Waals surface area contributed by atoms with Gasteiger partial charge in [0, 0.05) is 6.04 Å². The Morgan fingerprint density at radius 2 is 2.25 bits per heavy atom. The summed E-state index contributed by atoms with van der Waals surface area (Å²) in [6, 6.07) is 2.32. The zero-order valence-electron chi connectivity index (χ0n) is 11.7. The van der Waals surface area contributed by atoms with E-state index in [1.807, 2.05) is 13.0 Å². The normalized spacial score (nSPS) is 29.0. The number of aromatic nitrogens is 1. The third kappa shape index (κ3) is 2.81. The molecule has 1 saturated carbocycles. The molecule has 4 nitrogen and oxygen atoms in total. The van der Waals surface area contributed by atoms with Crippen molar-refractivity contribution in [2.75, 3.05) is 5.32 Å². The number of amides is 1. The summed E-state index contributed by atoms with van der Waals surface area (Å²) in [5, 5.41) is 6.90. The summed E-state index contributed by atoms with van der Waals surface area (Å²) in [7, 11) is 0. The Kier molecular flexibility index (Phi) is 3.94. The van der Waals surface area contributed by atoms with Crippen LogP contribution in [0.25, 0.3) is 0 Å². The van der Waals surface area contributed by atoms with Crippen LogP contribution in [0.2, 0.25) is 5.15 Å². The maximum Gasteiger partial charge on any atom is 0.241 e. The highest BCUT2D eigenvalue weighted by atomic mass is 35.5. The van der Waals surface area contributed by atoms with Crippen LogP contribution in [0.5, 0.6) is 0 Å². The maximum atomic E-state index is 12.3. The Morgan fingerprint density at radius 1 is 1.45 bits per heavy atom. The lowest BCUT2D eigenvalue weighted by Gasteiger charge is -2.24. The first kappa shape index (κ1) is 13.8. The third-order valence-electron chi connectivity index (χ3n) is 4.46. The number of nitrogens with zero attached hydrogens (tertiary/aromatic N) is 1. The first-order valence-electron chi connectivity index (χ1n) is 7.32. The fourth-order valence-corrected chi connectivity index (χ4v) is 3.48. The number of carbonyl (C=O) groups is 1. The monoisotopic (exact) mass is 293 g/mol. The summed E-state index contributed by atoms with van der Waals surface area (Å²) in [4.78, 5) is 16.4. The van der Waals surface area contributed by atoms with Crippen LogP contribution in [0.1, 0.15) is 37.7 Å². The number of fused-ring (bicyclic) bond motifs is 1. The number of aryl methyl sites for hydroxylation is 1. The van der Waals surface area contributed by atoms with Gasteiger partial charge in [-0.25, -0.2) is 4.98 Å². The molecule has 0 radical (unpaired) electrons. The number of carbonyl (C=O) groups excluding carboxylic acids is 1. The Hall–Kier alpha value is -1.13. The second kappa shape index (κ2) is 5.70. The van der Waals surface area contributed by atoms with Gasteiger partial charge in [-0.1, -0.05) is 24.4 Å². The molecule has 3 atom stereocenters. The number of nitrogens with one attached hydrogen (secondary N) is 2. The average Bonchev–Trinajstić information content (AvgIpc) is 2.87. The lowest BCUT2D eigenvalue weighted by atomic mass is 9.85. The van der Waals surface area contributed by atoms with Crippen LogP contribution in [0, 0.1) is 12.8 Å². The molecule has 2 fully saturated rings. The minimum Gasteiger partial charge on any atom is -0.323 e. The van der Waals surface area contributed by atoms with Crippen LogP contribution in [-0.4, -0.2) is 23.0 Å². The molecule has 0 spiro atoms. The smallest absolute Gasteiger partial charge is 0.241 e. The van der Waals surface area contributed by atoms with Gasteiger partial charge in [0.1, 0.15) is 5.15 Å². The highest BCUT2D eigenvalue weighted by molar-refractivity contribution is 6.30. The Morgan fingerprint density at radius 3 is 3.00 bits per heavy atom. The molecule has 1 aliphatic carbocycles. The first-order valence-corrected chi connectivity index (χ1v) is 7.70. The fourth-order valence-electron chi connectivity index (χ4n) is 3.38. The molecule has 1 aromatic rings. The van der Waals surface area contributed by atoms with Crippen molar-refractivity contribution >= 4 is 23.2 Å². The topological polar surface area (TPSA) is 54.0 Å². The molecule has 1 amide bonds. The molecule has 2 heterocycles. The summed E-state index contributed by atoms with van der Waals surface area (Å²) in [6.07, 6.45) is 7.60. The second-order valence-electron chi connectivity index (χ2n) is 5.93. The van der Waals surface area contributed by atoms with Crippen LogP contribution >= 0.6 is 11.6 Å². The standard InChI is InChI=1S/C15H20ClN3O/c1-9-6-11(8-17-14(9)16)18-15(20)13-7-10-4-2-3-5-12(10)19-13/h6,8,10,12-13,19H,2-5,7H2,1H3,(H,18,20). The van der Waals surface area contributed by atoms with Crippen molar-refractivity contribution < 1.29 is 4.79 Å². The Labute approximate surface area is 124 Å². The summed E-state index contributed by atoms with van der Waals surface area (Å²) >= 11 is 5.89. The zero-order valence-corrected chi connectivity index (χ0v) is 12.4. The molecule has 1 aromatic heterocycles. The predicted octanol–water partition coefficient (Wildman–Crippen LogP) is 2.90. The van der Waals surface area contributed by atoms with E-state index in [1.165, 1.54) is 25.7 Å². The summed E-state index contributed by atoms with van der Waals surface area (Å²) in [5.74, 6) is 0.715. The van der Waals surface area contributed by atoms with Gasteiger partial charge >= 0.3 is 0 Å². The van der Waals surface area contributed by atoms with Crippen LogP contribution in [-0.2, 0) is 4.79 Å². The molecular weight excluding hydrogens is 274 g/mol. The second-order valence-corrected chi connectivity index (χ2v) is 6.28. The van der Waals surface area contributed by atoms with Gasteiger partial charge in [-0.2, -0.15) is 0 Å². The quantitative estimate of drug-likeness (QED) is 0.825. The van der Waals surface area contributed by atoms with Crippen molar-refractivity contribution in [3.63, 3.8) is 0 Å². The number of rotatable bonds is 2. The molecule has 0 bridgehead atoms. The van der Waals surface area contributed by atoms with E-state index in [2.05, 4.69) is 15.6 Å². The van der Waals surface area contributed by atoms with Crippen molar-refractivity contribution in [2.45, 2.75) is 51.1 Å². The molecular formula is C15H20ClN3O. The highest BCUT2D eigenvalue weighted by Crippen LogP contribution is 2.33. The summed E-state index contributed by atoms with van der Waals surface area (Å²) in [5.41, 5.74) is 1.59. The van der Waals surface area contributed by atoms with Gasteiger partial charge in [0.05, 0.1) is 17.9 Å². The molecule has 2 aliphatic rings. The Balaban J connectivity index is 1.63. The molecule has 1 aliphatic heterocycles. The minimum atomic E-state index is -0.0703. The van der Waals surface area contributed by atoms with E-state index in [-0.39, 0.29) is 11.9 Å². The number of hydrogen-bond acceptors (Lipinski definition) is 3. The molecule has 108 valence electrons. The van der Waals surface area contributed by atoms with Gasteiger partial charge in [0.25, 0.3) is 0 Å². The molecule has 3 rings (SSSR count). The molecule has 0 aromatic carbocycles. The third-order valence-corrected chi connectivity index (χ3v) is 4.86. The van der Waals surface area contributed by atoms with Crippen molar-refractivity contribution in [1.29, 1.82) is 0 Å². The fraction of sp³-hybridized carbons (Fsp3) is 0.600. The van der Waals surface area contributed by atoms with Crippen LogP contribution in [0.3, 0.4) is 0 Å². The molecule has 3 unspecified atom stereocenters. The lowest BCUT2D eigenvalue weighted by Crippen LogP contribution is -2.39. The van der Waals surface area contributed by atoms with Gasteiger partial charge < -0.3 is 10.6 Å². The van der Waals surface area contributed by atoms with Gasteiger partial charge in [-0.15, -0.1) is 0 Å². The van der Waals surface area contributed by atoms with Gasteiger partial charge in [0.15, 0.2) is 0 Å². The number of pyridine rings is 1. The molecule has 1 saturated heterocycles. The van der Waals surface area contributed by atoms with E-state index < -0.39 is 0 Å². The van der Waals surface area contributed by atoms with Crippen LogP contribution < -0.4 is 10.6 Å². The van der Waals surface area contributed by atoms with Crippen molar-refractivity contribution in [3.8, 4) is 0 Å². The maximum absolute atomic E-state index is 12.3. The average molecular weight is 294 g/mol. The predicted molar refractivity (Wildman–Crippen MR) is 79.9 cm³/mol. The Bertz CT molecular complexity index is 506. The highest BCUT2D eigenvalue weighted by Gasteiger charge is 2.38. The van der Waals surface area contributed by atoms with Crippen molar-refractivity contribution in [3.05, 3.63) is 23.0 Å². The van der Waals surface area contributed by atoms with Gasteiger partial charge in [0.2, 0.25) is 5.91 Å². The minimum absolute atomic E-state index is 0.0444. The molecule has 5 heteroatoms. The first-order chi connectivity index (χ1) is 9.63. The van der Waals surface area contributed by atoms with Crippen LogP contribution in [0.4, 0.5) is 5.69 Å². The van der Waals surface area contributed by atoms with E-state index in [9.17, 15) is 4.79 Å². The van der Waals surface area contributed by atoms with E-state index in [0.717, 1.165) is 12.0 Å². The van der Waals surface area contributed by atoms with E-state index in [1.54, 1.807) is 6.20 Å².